The molecule has 0 amide bonds. The van der Waals surface area contributed by atoms with Crippen LogP contribution in [0.5, 0.6) is 0 Å². The summed E-state index contributed by atoms with van der Waals surface area (Å²) in [4.78, 5) is 5.08. The first-order valence-corrected chi connectivity index (χ1v) is 8.39. The number of benzene rings is 1. The molecule has 1 aromatic carbocycles. The molecule has 3 rings (SSSR count). The first-order valence-electron chi connectivity index (χ1n) is 8.01. The lowest BCUT2D eigenvalue weighted by atomic mass is 10.1. The Morgan fingerprint density at radius 2 is 2.10 bits per heavy atom. The molecule has 1 aromatic rings. The highest BCUT2D eigenvalue weighted by molar-refractivity contribution is 6.30. The zero-order valence-corrected chi connectivity index (χ0v) is 13.5. The summed E-state index contributed by atoms with van der Waals surface area (Å²) >= 11 is 5.99. The first-order chi connectivity index (χ1) is 10.1. The minimum atomic E-state index is -0.415. The van der Waals surface area contributed by atoms with Crippen LogP contribution in [0.15, 0.2) is 24.3 Å². The normalized spacial score (nSPS) is 28.5. The third kappa shape index (κ3) is 3.59. The van der Waals surface area contributed by atoms with Crippen LogP contribution in [0, 0.1) is 0 Å². The number of hydrogen-bond acceptors (Lipinski definition) is 3. The van der Waals surface area contributed by atoms with Gasteiger partial charge in [-0.15, -0.1) is 0 Å². The molecule has 21 heavy (non-hydrogen) atoms. The van der Waals surface area contributed by atoms with E-state index in [1.807, 2.05) is 24.3 Å². The van der Waals surface area contributed by atoms with E-state index in [1.54, 1.807) is 0 Å². The Hall–Kier alpha value is -0.610. The lowest BCUT2D eigenvalue weighted by molar-refractivity contribution is 0.137. The predicted molar refractivity (Wildman–Crippen MR) is 86.7 cm³/mol. The van der Waals surface area contributed by atoms with Gasteiger partial charge < -0.3 is 10.0 Å². The predicted octanol–water partition coefficient (Wildman–Crippen LogP) is 2.93. The van der Waals surface area contributed by atoms with Crippen molar-refractivity contribution >= 4 is 11.6 Å². The van der Waals surface area contributed by atoms with Crippen LogP contribution in [0.4, 0.5) is 0 Å². The maximum Gasteiger partial charge on any atom is 0.0802 e. The summed E-state index contributed by atoms with van der Waals surface area (Å²) in [6.07, 6.45) is 4.32. The van der Waals surface area contributed by atoms with Crippen molar-refractivity contribution in [2.75, 3.05) is 26.7 Å². The van der Waals surface area contributed by atoms with E-state index < -0.39 is 6.10 Å². The molecule has 2 aliphatic rings. The lowest BCUT2D eigenvalue weighted by Crippen LogP contribution is -2.37. The molecular weight excluding hydrogens is 284 g/mol. The molecule has 0 saturated carbocycles. The van der Waals surface area contributed by atoms with Gasteiger partial charge in [0.1, 0.15) is 0 Å². The first kappa shape index (κ1) is 15.3. The van der Waals surface area contributed by atoms with E-state index in [4.69, 9.17) is 11.6 Å². The second-order valence-electron chi connectivity index (χ2n) is 6.50. The third-order valence-electron chi connectivity index (χ3n) is 5.18. The zero-order valence-electron chi connectivity index (χ0n) is 12.7. The second-order valence-corrected chi connectivity index (χ2v) is 6.94. The van der Waals surface area contributed by atoms with Crippen molar-refractivity contribution in [3.63, 3.8) is 0 Å². The summed E-state index contributed by atoms with van der Waals surface area (Å²) in [5.74, 6) is 0. The van der Waals surface area contributed by atoms with Gasteiger partial charge in [0, 0.05) is 30.2 Å². The highest BCUT2D eigenvalue weighted by Crippen LogP contribution is 2.29. The van der Waals surface area contributed by atoms with Gasteiger partial charge in [0.2, 0.25) is 0 Å². The Balaban J connectivity index is 1.53. The van der Waals surface area contributed by atoms with Gasteiger partial charge in [-0.1, -0.05) is 23.7 Å². The average Bonchev–Trinajstić information content (AvgIpc) is 2.71. The van der Waals surface area contributed by atoms with Crippen molar-refractivity contribution in [1.82, 2.24) is 9.80 Å². The summed E-state index contributed by atoms with van der Waals surface area (Å²) < 4.78 is 0. The maximum absolute atomic E-state index is 10.3. The molecule has 2 heterocycles. The summed E-state index contributed by atoms with van der Waals surface area (Å²) in [7, 11) is 2.27. The maximum atomic E-state index is 10.3. The van der Waals surface area contributed by atoms with E-state index in [1.165, 1.54) is 19.3 Å². The summed E-state index contributed by atoms with van der Waals surface area (Å²) in [5.41, 5.74) is 0.927. The molecule has 4 heteroatoms. The largest absolute Gasteiger partial charge is 0.388 e. The third-order valence-corrected chi connectivity index (χ3v) is 5.42. The smallest absolute Gasteiger partial charge is 0.0802 e. The molecule has 0 radical (unpaired) electrons. The zero-order chi connectivity index (χ0) is 14.8. The van der Waals surface area contributed by atoms with Crippen LogP contribution < -0.4 is 0 Å². The Morgan fingerprint density at radius 3 is 2.90 bits per heavy atom. The number of halogens is 1. The van der Waals surface area contributed by atoms with Crippen LogP contribution in [0.3, 0.4) is 0 Å². The highest BCUT2D eigenvalue weighted by Gasteiger charge is 2.34. The van der Waals surface area contributed by atoms with Gasteiger partial charge in [0.15, 0.2) is 0 Å². The summed E-state index contributed by atoms with van der Waals surface area (Å²) in [6.45, 7) is 3.27. The molecular formula is C17H25ClN2O. The average molecular weight is 309 g/mol. The number of fused-ring (bicyclic) bond motifs is 2. The van der Waals surface area contributed by atoms with Crippen molar-refractivity contribution in [1.29, 1.82) is 0 Å². The van der Waals surface area contributed by atoms with E-state index in [-0.39, 0.29) is 0 Å². The van der Waals surface area contributed by atoms with E-state index in [0.717, 1.165) is 37.7 Å². The Morgan fingerprint density at radius 1 is 1.29 bits per heavy atom. The van der Waals surface area contributed by atoms with Gasteiger partial charge in [-0.25, -0.2) is 0 Å². The van der Waals surface area contributed by atoms with Gasteiger partial charge >= 0.3 is 0 Å². The Labute approximate surface area is 132 Å². The fraction of sp³-hybridized carbons (Fsp3) is 0.647. The molecule has 3 atom stereocenters. The van der Waals surface area contributed by atoms with E-state index in [0.29, 0.717) is 11.1 Å². The van der Waals surface area contributed by atoms with Crippen LogP contribution in [0.2, 0.25) is 5.02 Å². The molecule has 3 unspecified atom stereocenters. The molecule has 116 valence electrons. The molecule has 2 bridgehead atoms. The monoisotopic (exact) mass is 308 g/mol. The Kier molecular flexibility index (Phi) is 4.85. The Bertz CT molecular complexity index is 482. The minimum Gasteiger partial charge on any atom is -0.388 e. The van der Waals surface area contributed by atoms with Gasteiger partial charge in [-0.05, 0) is 57.0 Å². The molecule has 2 fully saturated rings. The van der Waals surface area contributed by atoms with Crippen LogP contribution >= 0.6 is 11.6 Å². The number of rotatable bonds is 4. The molecule has 0 spiro atoms. The molecule has 1 N–H and O–H groups in total. The molecule has 2 aliphatic heterocycles. The van der Waals surface area contributed by atoms with Crippen LogP contribution in [0.1, 0.15) is 37.4 Å². The molecule has 2 saturated heterocycles. The van der Waals surface area contributed by atoms with Crippen molar-refractivity contribution in [3.8, 4) is 0 Å². The second kappa shape index (κ2) is 6.66. The van der Waals surface area contributed by atoms with E-state index >= 15 is 0 Å². The quantitative estimate of drug-likeness (QED) is 0.926. The molecule has 3 nitrogen and oxygen atoms in total. The lowest BCUT2D eigenvalue weighted by Gasteiger charge is -2.26. The van der Waals surface area contributed by atoms with Crippen LogP contribution in [-0.4, -0.2) is 53.7 Å². The topological polar surface area (TPSA) is 26.7 Å². The van der Waals surface area contributed by atoms with E-state index in [9.17, 15) is 5.11 Å². The van der Waals surface area contributed by atoms with Gasteiger partial charge in [-0.2, -0.15) is 0 Å². The number of hydrogen-bond donors (Lipinski definition) is 1. The number of aliphatic hydroxyl groups excluding tert-OH is 1. The fourth-order valence-electron chi connectivity index (χ4n) is 3.77. The van der Waals surface area contributed by atoms with Crippen molar-refractivity contribution < 1.29 is 5.11 Å². The van der Waals surface area contributed by atoms with Gasteiger partial charge in [-0.3, -0.25) is 4.90 Å². The number of likely N-dealkylation sites (tertiary alicyclic amines) is 1. The van der Waals surface area contributed by atoms with Crippen LogP contribution in [0.25, 0.3) is 0 Å². The van der Waals surface area contributed by atoms with Crippen molar-refractivity contribution in [3.05, 3.63) is 34.9 Å². The van der Waals surface area contributed by atoms with Crippen molar-refractivity contribution in [2.45, 2.75) is 43.9 Å². The number of likely N-dealkylation sites (N-methyl/N-ethyl adjacent to an activating group) is 1. The molecule has 0 aromatic heterocycles. The highest BCUT2D eigenvalue weighted by atomic mass is 35.5. The van der Waals surface area contributed by atoms with Crippen molar-refractivity contribution in [2.24, 2.45) is 0 Å². The van der Waals surface area contributed by atoms with Gasteiger partial charge in [0.05, 0.1) is 6.10 Å². The van der Waals surface area contributed by atoms with E-state index in [2.05, 4.69) is 16.8 Å². The summed E-state index contributed by atoms with van der Waals surface area (Å²) in [6, 6.07) is 9.05. The fourth-order valence-corrected chi connectivity index (χ4v) is 3.97. The summed E-state index contributed by atoms with van der Waals surface area (Å²) in [5, 5.41) is 11.0. The SMILES string of the molecule is CN1C2CCC1CN(CCC(O)c1cccc(Cl)c1)CC2. The van der Waals surface area contributed by atoms with Gasteiger partial charge in [0.25, 0.3) is 0 Å². The number of aliphatic hydroxyl groups is 1. The van der Waals surface area contributed by atoms with Crippen LogP contribution in [-0.2, 0) is 0 Å². The minimum absolute atomic E-state index is 0.415. The molecule has 0 aliphatic carbocycles. The standard InChI is InChI=1S/C17H25ClN2O/c1-19-15-5-6-16(19)12-20(9-7-15)10-8-17(21)13-3-2-4-14(18)11-13/h2-4,11,15-17,21H,5-10,12H2,1H3. The number of nitrogens with zero attached hydrogens (tertiary/aromatic N) is 2.